The summed E-state index contributed by atoms with van der Waals surface area (Å²) >= 11 is 0. The number of rotatable bonds is 6. The molecule has 124 valence electrons. The number of hydrogen-bond acceptors (Lipinski definition) is 2. The lowest BCUT2D eigenvalue weighted by Gasteiger charge is -2.28. The van der Waals surface area contributed by atoms with Crippen LogP contribution in [0.3, 0.4) is 0 Å². The minimum Gasteiger partial charge on any atom is -1.00 e. The van der Waals surface area contributed by atoms with Gasteiger partial charge in [0.1, 0.15) is 5.75 Å². The van der Waals surface area contributed by atoms with Gasteiger partial charge in [0.2, 0.25) is 0 Å². The summed E-state index contributed by atoms with van der Waals surface area (Å²) in [5.41, 5.74) is 4.31. The first-order valence-electron chi connectivity index (χ1n) is 8.30. The number of ether oxygens (including phenoxy) is 1. The number of halogens is 1. The van der Waals surface area contributed by atoms with Crippen LogP contribution in [0.4, 0.5) is 0 Å². The lowest BCUT2D eigenvalue weighted by Crippen LogP contribution is -3.00. The van der Waals surface area contributed by atoms with Crippen molar-refractivity contribution in [3.63, 3.8) is 0 Å². The normalized spacial score (nSPS) is 14.0. The van der Waals surface area contributed by atoms with Crippen LogP contribution in [0.1, 0.15) is 29.5 Å². The topological polar surface area (TPSA) is 12.5 Å². The van der Waals surface area contributed by atoms with Crippen LogP contribution in [0.25, 0.3) is 0 Å². The van der Waals surface area contributed by atoms with Crippen molar-refractivity contribution in [3.8, 4) is 5.75 Å². The van der Waals surface area contributed by atoms with Gasteiger partial charge in [-0.3, -0.25) is 4.90 Å². The maximum Gasteiger partial charge on any atom is 0.119 e. The first kappa shape index (κ1) is 17.8. The molecular formula is C20H25ClNO-. The van der Waals surface area contributed by atoms with Crippen molar-refractivity contribution in [2.75, 3.05) is 19.7 Å². The summed E-state index contributed by atoms with van der Waals surface area (Å²) in [6.07, 6.45) is 3.51. The third-order valence-corrected chi connectivity index (χ3v) is 4.37. The van der Waals surface area contributed by atoms with E-state index in [1.807, 2.05) is 0 Å². The van der Waals surface area contributed by atoms with Crippen molar-refractivity contribution < 1.29 is 17.1 Å². The van der Waals surface area contributed by atoms with Gasteiger partial charge in [-0.2, -0.15) is 0 Å². The Morgan fingerprint density at radius 2 is 1.70 bits per heavy atom. The van der Waals surface area contributed by atoms with Crippen molar-refractivity contribution in [3.05, 3.63) is 65.2 Å². The summed E-state index contributed by atoms with van der Waals surface area (Å²) < 4.78 is 5.79. The molecule has 0 N–H and O–H groups in total. The quantitative estimate of drug-likeness (QED) is 0.738. The Morgan fingerprint density at radius 3 is 2.48 bits per heavy atom. The molecule has 3 heteroatoms. The van der Waals surface area contributed by atoms with Crippen LogP contribution < -0.4 is 17.1 Å². The van der Waals surface area contributed by atoms with Gasteiger partial charge in [0.05, 0.1) is 6.61 Å². The van der Waals surface area contributed by atoms with Gasteiger partial charge in [-0.05, 0) is 56.0 Å². The summed E-state index contributed by atoms with van der Waals surface area (Å²) in [6, 6.07) is 17.1. The molecule has 0 radical (unpaired) electrons. The van der Waals surface area contributed by atoms with Crippen LogP contribution in [0.15, 0.2) is 48.5 Å². The molecule has 1 aliphatic heterocycles. The Labute approximate surface area is 145 Å². The number of nitrogens with zero attached hydrogens (tertiary/aromatic N) is 1. The number of fused-ring (bicyclic) bond motifs is 1. The van der Waals surface area contributed by atoms with Gasteiger partial charge >= 0.3 is 0 Å². The van der Waals surface area contributed by atoms with Crippen LogP contribution >= 0.6 is 0 Å². The van der Waals surface area contributed by atoms with Crippen LogP contribution in [0.2, 0.25) is 0 Å². The summed E-state index contributed by atoms with van der Waals surface area (Å²) in [4.78, 5) is 2.56. The van der Waals surface area contributed by atoms with Crippen LogP contribution in [-0.2, 0) is 13.0 Å². The molecule has 0 spiro atoms. The van der Waals surface area contributed by atoms with E-state index < -0.39 is 0 Å². The maximum atomic E-state index is 5.79. The van der Waals surface area contributed by atoms with E-state index in [1.165, 1.54) is 42.6 Å². The van der Waals surface area contributed by atoms with Crippen LogP contribution in [0.5, 0.6) is 5.75 Å². The van der Waals surface area contributed by atoms with Crippen molar-refractivity contribution in [2.45, 2.75) is 32.7 Å². The predicted octanol–water partition coefficient (Wildman–Crippen LogP) is 1.22. The monoisotopic (exact) mass is 330 g/mol. The summed E-state index contributed by atoms with van der Waals surface area (Å²) in [6.45, 7) is 6.38. The molecule has 2 aromatic rings. The Kier molecular flexibility index (Phi) is 6.94. The zero-order valence-electron chi connectivity index (χ0n) is 13.8. The average Bonchev–Trinajstić information content (AvgIpc) is 2.56. The second-order valence-corrected chi connectivity index (χ2v) is 6.16. The van der Waals surface area contributed by atoms with E-state index in [4.69, 9.17) is 4.74 Å². The van der Waals surface area contributed by atoms with E-state index in [9.17, 15) is 0 Å². The highest BCUT2D eigenvalue weighted by Crippen LogP contribution is 2.18. The minimum atomic E-state index is 0. The maximum absolute atomic E-state index is 5.79. The molecule has 3 rings (SSSR count). The van der Waals surface area contributed by atoms with Gasteiger partial charge in [0, 0.05) is 13.1 Å². The van der Waals surface area contributed by atoms with Gasteiger partial charge in [0.15, 0.2) is 0 Å². The van der Waals surface area contributed by atoms with E-state index in [1.54, 1.807) is 0 Å². The molecule has 0 aliphatic carbocycles. The molecule has 0 fully saturated rings. The standard InChI is InChI=1S/C20H25NO.ClH/c1-17-8-10-20(11-9-17)22-15-5-4-13-21-14-12-18-6-2-3-7-19(18)16-21;/h2-3,6-11H,4-5,12-16H2,1H3;1H/p-1. The van der Waals surface area contributed by atoms with E-state index in [0.717, 1.165) is 25.3 Å². The molecule has 0 saturated carbocycles. The highest BCUT2D eigenvalue weighted by atomic mass is 35.5. The second-order valence-electron chi connectivity index (χ2n) is 6.16. The third-order valence-electron chi connectivity index (χ3n) is 4.37. The van der Waals surface area contributed by atoms with Crippen LogP contribution in [-0.4, -0.2) is 24.6 Å². The first-order chi connectivity index (χ1) is 10.8. The first-order valence-corrected chi connectivity index (χ1v) is 8.30. The molecule has 2 aromatic carbocycles. The lowest BCUT2D eigenvalue weighted by atomic mass is 10.00. The number of hydrogen-bond donors (Lipinski definition) is 0. The zero-order valence-corrected chi connectivity index (χ0v) is 14.6. The SMILES string of the molecule is Cc1ccc(OCCCCN2CCc3ccccc3C2)cc1.[Cl-]. The van der Waals surface area contributed by atoms with E-state index in [-0.39, 0.29) is 12.4 Å². The Morgan fingerprint density at radius 1 is 0.957 bits per heavy atom. The zero-order chi connectivity index (χ0) is 15.2. The summed E-state index contributed by atoms with van der Waals surface area (Å²) in [5, 5.41) is 0. The average molecular weight is 331 g/mol. The summed E-state index contributed by atoms with van der Waals surface area (Å²) in [5.74, 6) is 0.984. The highest BCUT2D eigenvalue weighted by molar-refractivity contribution is 5.29. The van der Waals surface area contributed by atoms with Crippen molar-refractivity contribution in [2.24, 2.45) is 0 Å². The van der Waals surface area contributed by atoms with Crippen molar-refractivity contribution >= 4 is 0 Å². The Bertz CT molecular complexity index is 597. The van der Waals surface area contributed by atoms with Gasteiger partial charge in [-0.15, -0.1) is 0 Å². The van der Waals surface area contributed by atoms with Gasteiger partial charge < -0.3 is 17.1 Å². The fourth-order valence-corrected chi connectivity index (χ4v) is 3.01. The smallest absolute Gasteiger partial charge is 0.119 e. The van der Waals surface area contributed by atoms with E-state index in [2.05, 4.69) is 60.4 Å². The molecule has 2 nitrogen and oxygen atoms in total. The number of benzene rings is 2. The molecule has 0 aromatic heterocycles. The second kappa shape index (κ2) is 8.95. The number of unbranched alkanes of at least 4 members (excludes halogenated alkanes) is 1. The Balaban J connectivity index is 0.00000192. The highest BCUT2D eigenvalue weighted by Gasteiger charge is 2.14. The third kappa shape index (κ3) is 5.26. The fraction of sp³-hybridized carbons (Fsp3) is 0.400. The minimum absolute atomic E-state index is 0. The molecule has 0 unspecified atom stereocenters. The molecule has 1 heterocycles. The molecule has 0 amide bonds. The fourth-order valence-electron chi connectivity index (χ4n) is 3.01. The molecular weight excluding hydrogens is 306 g/mol. The van der Waals surface area contributed by atoms with E-state index in [0.29, 0.717) is 0 Å². The van der Waals surface area contributed by atoms with E-state index >= 15 is 0 Å². The molecule has 0 saturated heterocycles. The Hall–Kier alpha value is -1.51. The van der Waals surface area contributed by atoms with Gasteiger partial charge in [-0.1, -0.05) is 42.0 Å². The predicted molar refractivity (Wildman–Crippen MR) is 91.3 cm³/mol. The molecule has 23 heavy (non-hydrogen) atoms. The van der Waals surface area contributed by atoms with Crippen molar-refractivity contribution in [1.29, 1.82) is 0 Å². The largest absolute Gasteiger partial charge is 1.00 e. The van der Waals surface area contributed by atoms with Gasteiger partial charge in [0.25, 0.3) is 0 Å². The van der Waals surface area contributed by atoms with Crippen LogP contribution in [0, 0.1) is 6.92 Å². The number of aryl methyl sites for hydroxylation is 1. The van der Waals surface area contributed by atoms with Gasteiger partial charge in [-0.25, -0.2) is 0 Å². The molecule has 0 atom stereocenters. The van der Waals surface area contributed by atoms with Crippen molar-refractivity contribution in [1.82, 2.24) is 4.90 Å². The molecule has 0 bridgehead atoms. The molecule has 1 aliphatic rings. The summed E-state index contributed by atoms with van der Waals surface area (Å²) in [7, 11) is 0. The lowest BCUT2D eigenvalue weighted by molar-refractivity contribution is -0.00000504.